The third-order valence-corrected chi connectivity index (χ3v) is 5.99. The van der Waals surface area contributed by atoms with Crippen molar-refractivity contribution < 1.29 is 76.9 Å². The van der Waals surface area contributed by atoms with Gasteiger partial charge in [0.05, 0.1) is 71.4 Å². The Kier molecular flexibility index (Phi) is 16.6. The summed E-state index contributed by atoms with van der Waals surface area (Å²) in [5, 5.41) is 19.6. The minimum atomic E-state index is -1.77. The highest BCUT2D eigenvalue weighted by atomic mass is 16.6. The third kappa shape index (κ3) is 13.5. The fraction of sp³-hybridized carbons (Fsp3) is 0.769. The molecule has 7 atom stereocenters. The molecule has 240 valence electrons. The lowest BCUT2D eigenvalue weighted by atomic mass is 9.86. The number of methoxy groups -OCH3 is 3. The fourth-order valence-electron chi connectivity index (χ4n) is 3.50. The molecule has 2 N–H and O–H groups in total. The Labute approximate surface area is 242 Å². The summed E-state index contributed by atoms with van der Waals surface area (Å²) in [4.78, 5) is 75.3. The van der Waals surface area contributed by atoms with E-state index in [4.69, 9.17) is 23.7 Å². The van der Waals surface area contributed by atoms with Crippen LogP contribution in [0.4, 0.5) is 0 Å². The number of ether oxygens (including phenoxy) is 8. The molecule has 0 amide bonds. The van der Waals surface area contributed by atoms with Gasteiger partial charge in [-0.25, -0.2) is 4.79 Å². The van der Waals surface area contributed by atoms with Gasteiger partial charge >= 0.3 is 35.8 Å². The molecule has 0 aliphatic carbocycles. The molecule has 1 aliphatic rings. The quantitative estimate of drug-likeness (QED) is 0.0709. The Morgan fingerprint density at radius 2 is 1.31 bits per heavy atom. The molecular weight excluding hydrogens is 568 g/mol. The largest absolute Gasteiger partial charge is 0.469 e. The van der Waals surface area contributed by atoms with Crippen molar-refractivity contribution in [2.24, 2.45) is 17.8 Å². The molecule has 0 radical (unpaired) electrons. The van der Waals surface area contributed by atoms with E-state index >= 15 is 0 Å². The summed E-state index contributed by atoms with van der Waals surface area (Å²) in [5.41, 5.74) is 0. The van der Waals surface area contributed by atoms with Gasteiger partial charge < -0.3 is 48.1 Å². The monoisotopic (exact) mass is 608 g/mol. The molecule has 7 unspecified atom stereocenters. The summed E-state index contributed by atoms with van der Waals surface area (Å²) in [5.74, 6) is -11.2. The van der Waals surface area contributed by atoms with Crippen molar-refractivity contribution in [2.45, 2.75) is 57.5 Å². The maximum Gasteiger partial charge on any atom is 0.348 e. The Hall–Kier alpha value is -3.34. The molecule has 1 heterocycles. The van der Waals surface area contributed by atoms with Crippen LogP contribution < -0.4 is 0 Å². The predicted octanol–water partition coefficient (Wildman–Crippen LogP) is -1.30. The first-order chi connectivity index (χ1) is 19.8. The maximum atomic E-state index is 13.1. The first-order valence-electron chi connectivity index (χ1n) is 13.1. The van der Waals surface area contributed by atoms with Crippen molar-refractivity contribution in [1.82, 2.24) is 0 Å². The predicted molar refractivity (Wildman–Crippen MR) is 136 cm³/mol. The number of aliphatic hydroxyl groups is 2. The van der Waals surface area contributed by atoms with Crippen LogP contribution in [-0.4, -0.2) is 125 Å². The van der Waals surface area contributed by atoms with Gasteiger partial charge in [0, 0.05) is 6.61 Å². The van der Waals surface area contributed by atoms with Gasteiger partial charge in [0.25, 0.3) is 0 Å². The smallest absolute Gasteiger partial charge is 0.348 e. The van der Waals surface area contributed by atoms with E-state index in [9.17, 15) is 39.0 Å². The van der Waals surface area contributed by atoms with Crippen LogP contribution in [0.15, 0.2) is 0 Å². The molecule has 1 saturated heterocycles. The first kappa shape index (κ1) is 36.7. The van der Waals surface area contributed by atoms with Crippen LogP contribution in [0.3, 0.4) is 0 Å². The second kappa shape index (κ2) is 19.0. The van der Waals surface area contributed by atoms with Gasteiger partial charge in [-0.1, -0.05) is 0 Å². The summed E-state index contributed by atoms with van der Waals surface area (Å²) in [6, 6.07) is 0. The third-order valence-electron chi connectivity index (χ3n) is 5.99. The zero-order chi connectivity index (χ0) is 31.8. The van der Waals surface area contributed by atoms with Gasteiger partial charge in [0.2, 0.25) is 6.10 Å². The van der Waals surface area contributed by atoms with E-state index in [1.165, 1.54) is 13.8 Å². The number of hydrogen-bond donors (Lipinski definition) is 2. The highest BCUT2D eigenvalue weighted by molar-refractivity contribution is 5.90. The van der Waals surface area contributed by atoms with Gasteiger partial charge in [-0.05, 0) is 20.3 Å². The number of carbonyl (C=O) groups excluding carboxylic acids is 6. The molecule has 0 aromatic rings. The lowest BCUT2D eigenvalue weighted by Gasteiger charge is -2.25. The van der Waals surface area contributed by atoms with Crippen molar-refractivity contribution in [1.29, 1.82) is 0 Å². The van der Waals surface area contributed by atoms with Gasteiger partial charge in [0.15, 0.2) is 0 Å². The number of carbonyl (C=O) groups is 6. The summed E-state index contributed by atoms with van der Waals surface area (Å²) in [6.07, 6.45) is -5.04. The average Bonchev–Trinajstić information content (AvgIpc) is 3.80. The van der Waals surface area contributed by atoms with Crippen molar-refractivity contribution in [3.8, 4) is 0 Å². The zero-order valence-corrected chi connectivity index (χ0v) is 24.3. The molecule has 42 heavy (non-hydrogen) atoms. The lowest BCUT2D eigenvalue weighted by Crippen LogP contribution is -2.41. The van der Waals surface area contributed by atoms with E-state index in [1.807, 2.05) is 0 Å². The van der Waals surface area contributed by atoms with Crippen LogP contribution in [-0.2, 0) is 66.7 Å². The molecule has 1 fully saturated rings. The summed E-state index contributed by atoms with van der Waals surface area (Å²) in [7, 11) is 3.08. The summed E-state index contributed by atoms with van der Waals surface area (Å²) >= 11 is 0. The number of epoxide rings is 1. The van der Waals surface area contributed by atoms with Gasteiger partial charge in [0.1, 0.15) is 25.2 Å². The van der Waals surface area contributed by atoms with Crippen LogP contribution in [0, 0.1) is 17.8 Å². The van der Waals surface area contributed by atoms with Crippen LogP contribution in [0.5, 0.6) is 0 Å². The minimum absolute atomic E-state index is 0.128. The first-order valence-corrected chi connectivity index (χ1v) is 13.1. The molecule has 0 saturated carbocycles. The number of aliphatic hydroxyl groups excluding tert-OH is 2. The molecule has 0 aromatic carbocycles. The molecule has 0 bridgehead atoms. The van der Waals surface area contributed by atoms with Crippen LogP contribution >= 0.6 is 0 Å². The van der Waals surface area contributed by atoms with Gasteiger partial charge in [-0.15, -0.1) is 0 Å². The van der Waals surface area contributed by atoms with Gasteiger partial charge in [-0.3, -0.25) is 24.0 Å². The maximum absolute atomic E-state index is 13.1. The highest BCUT2D eigenvalue weighted by Gasteiger charge is 2.42. The van der Waals surface area contributed by atoms with E-state index in [0.29, 0.717) is 19.6 Å². The molecule has 1 rings (SSSR count). The topological polar surface area (TPSA) is 220 Å². The van der Waals surface area contributed by atoms with Crippen molar-refractivity contribution >= 4 is 35.8 Å². The Balaban J connectivity index is 3.10. The van der Waals surface area contributed by atoms with Crippen LogP contribution in [0.2, 0.25) is 0 Å². The lowest BCUT2D eigenvalue weighted by molar-refractivity contribution is -0.178. The summed E-state index contributed by atoms with van der Waals surface area (Å²) < 4.78 is 39.4. The minimum Gasteiger partial charge on any atom is -0.469 e. The second-order valence-corrected chi connectivity index (χ2v) is 9.52. The zero-order valence-electron chi connectivity index (χ0n) is 24.3. The second-order valence-electron chi connectivity index (χ2n) is 9.52. The average molecular weight is 609 g/mol. The van der Waals surface area contributed by atoms with E-state index in [-0.39, 0.29) is 12.7 Å². The standard InChI is InChI=1S/C26H40O16/c1-14(27)10-40-24(32)19(9-21(30)42-22(26(34)37-5)15(2)23(31)36-4)18(8-20(29)35-3)25(33)41-12-16(28)11-38-7-6-17-13-39-17/h14-19,22,27-28H,6-13H2,1-5H3. The van der Waals surface area contributed by atoms with E-state index in [2.05, 4.69) is 14.2 Å². The Morgan fingerprint density at radius 3 is 1.81 bits per heavy atom. The van der Waals surface area contributed by atoms with Crippen molar-refractivity contribution in [3.63, 3.8) is 0 Å². The molecule has 0 aromatic heterocycles. The van der Waals surface area contributed by atoms with Crippen LogP contribution in [0.25, 0.3) is 0 Å². The summed E-state index contributed by atoms with van der Waals surface area (Å²) in [6.45, 7) is 2.23. The van der Waals surface area contributed by atoms with Gasteiger partial charge in [-0.2, -0.15) is 0 Å². The van der Waals surface area contributed by atoms with Crippen LogP contribution in [0.1, 0.15) is 33.1 Å². The number of rotatable bonds is 20. The SMILES string of the molecule is COC(=O)CC(C(=O)OCC(O)COCCC1CO1)C(CC(=O)OC(C(=O)OC)C(C)C(=O)OC)C(=O)OCC(C)O. The molecule has 16 heteroatoms. The normalized spacial score (nSPS) is 18.2. The Bertz CT molecular complexity index is 914. The number of hydrogen-bond acceptors (Lipinski definition) is 16. The fourth-order valence-corrected chi connectivity index (χ4v) is 3.50. The molecule has 1 aliphatic heterocycles. The van der Waals surface area contributed by atoms with E-state index in [0.717, 1.165) is 21.3 Å². The molecule has 0 spiro atoms. The Morgan fingerprint density at radius 1 is 0.762 bits per heavy atom. The highest BCUT2D eigenvalue weighted by Crippen LogP contribution is 2.26. The van der Waals surface area contributed by atoms with Crippen molar-refractivity contribution in [2.75, 3.05) is 54.4 Å². The molecular formula is C26H40O16. The molecule has 16 nitrogen and oxygen atoms in total. The van der Waals surface area contributed by atoms with E-state index in [1.54, 1.807) is 0 Å². The van der Waals surface area contributed by atoms with Crippen molar-refractivity contribution in [3.05, 3.63) is 0 Å². The number of esters is 6. The van der Waals surface area contributed by atoms with E-state index < -0.39 is 97.9 Å².